The number of carboxylic acids is 1. The Balaban J connectivity index is 3.06. The number of aliphatic hydroxyl groups excluding tert-OH is 1. The maximum Gasteiger partial charge on any atom is 0.335 e. The third-order valence-corrected chi connectivity index (χ3v) is 4.35. The van der Waals surface area contributed by atoms with E-state index in [1.54, 1.807) is 6.92 Å². The van der Waals surface area contributed by atoms with E-state index in [4.69, 9.17) is 16.7 Å². The summed E-state index contributed by atoms with van der Waals surface area (Å²) in [6.45, 7) is 1.55. The molecular weight excluding hydrogens is 294 g/mol. The second kappa shape index (κ2) is 6.33. The summed E-state index contributed by atoms with van der Waals surface area (Å²) in [6.07, 6.45) is -0.415. The highest BCUT2D eigenvalue weighted by Crippen LogP contribution is 2.22. The van der Waals surface area contributed by atoms with Crippen LogP contribution in [0.25, 0.3) is 0 Å². The van der Waals surface area contributed by atoms with Gasteiger partial charge >= 0.3 is 5.97 Å². The Kier molecular flexibility index (Phi) is 5.30. The lowest BCUT2D eigenvalue weighted by Gasteiger charge is -2.11. The number of halogens is 1. The molecule has 0 spiro atoms. The molecule has 1 aromatic carbocycles. The molecule has 1 unspecified atom stereocenters. The van der Waals surface area contributed by atoms with E-state index < -0.39 is 22.1 Å². The lowest BCUT2D eigenvalue weighted by atomic mass is 10.2. The monoisotopic (exact) mass is 307 g/mol. The van der Waals surface area contributed by atoms with Crippen LogP contribution in [0.5, 0.6) is 0 Å². The quantitative estimate of drug-likeness (QED) is 0.730. The fourth-order valence-electron chi connectivity index (χ4n) is 1.27. The molecular formula is C11H14ClNO5S. The number of sulfonamides is 1. The van der Waals surface area contributed by atoms with E-state index in [0.29, 0.717) is 6.42 Å². The zero-order valence-corrected chi connectivity index (χ0v) is 11.7. The summed E-state index contributed by atoms with van der Waals surface area (Å²) in [5, 5.41) is 18.1. The maximum atomic E-state index is 11.9. The molecule has 8 heteroatoms. The van der Waals surface area contributed by atoms with Crippen molar-refractivity contribution in [2.24, 2.45) is 0 Å². The Morgan fingerprint density at radius 1 is 1.47 bits per heavy atom. The SMILES string of the molecule is CCC(O)CNS(=O)(=O)c1cc(C(=O)O)ccc1Cl. The zero-order valence-electron chi connectivity index (χ0n) is 10.1. The van der Waals surface area contributed by atoms with Crippen LogP contribution in [0.2, 0.25) is 5.02 Å². The van der Waals surface area contributed by atoms with Gasteiger partial charge in [0.15, 0.2) is 0 Å². The van der Waals surface area contributed by atoms with Crippen molar-refractivity contribution in [3.8, 4) is 0 Å². The number of hydrogen-bond acceptors (Lipinski definition) is 4. The molecule has 0 fully saturated rings. The van der Waals surface area contributed by atoms with Crippen LogP contribution < -0.4 is 4.72 Å². The number of carboxylic acid groups (broad SMARTS) is 1. The maximum absolute atomic E-state index is 11.9. The summed E-state index contributed by atoms with van der Waals surface area (Å²) in [4.78, 5) is 10.5. The van der Waals surface area contributed by atoms with Gasteiger partial charge < -0.3 is 10.2 Å². The van der Waals surface area contributed by atoms with Gasteiger partial charge in [0.1, 0.15) is 4.90 Å². The molecule has 0 aliphatic heterocycles. The second-order valence-corrected chi connectivity index (χ2v) is 6.01. The van der Waals surface area contributed by atoms with E-state index in [9.17, 15) is 18.3 Å². The largest absolute Gasteiger partial charge is 0.478 e. The van der Waals surface area contributed by atoms with Crippen LogP contribution in [0, 0.1) is 0 Å². The summed E-state index contributed by atoms with van der Waals surface area (Å²) >= 11 is 5.76. The highest BCUT2D eigenvalue weighted by atomic mass is 35.5. The summed E-state index contributed by atoms with van der Waals surface area (Å²) in [5.74, 6) is -1.25. The highest BCUT2D eigenvalue weighted by Gasteiger charge is 2.20. The summed E-state index contributed by atoms with van der Waals surface area (Å²) in [6, 6.07) is 3.39. The molecule has 0 bridgehead atoms. The molecule has 1 rings (SSSR count). The summed E-state index contributed by atoms with van der Waals surface area (Å²) < 4.78 is 26.1. The predicted molar refractivity (Wildman–Crippen MR) is 69.9 cm³/mol. The van der Waals surface area contributed by atoms with Crippen molar-refractivity contribution >= 4 is 27.6 Å². The standard InChI is InChI=1S/C11H14ClNO5S/c1-2-8(14)6-13-19(17,18)10-5-7(11(15)16)3-4-9(10)12/h3-5,8,13-14H,2,6H2,1H3,(H,15,16). The fourth-order valence-corrected chi connectivity index (χ4v) is 2.87. The average molecular weight is 308 g/mol. The number of aliphatic hydroxyl groups is 1. The van der Waals surface area contributed by atoms with Crippen molar-refractivity contribution in [3.05, 3.63) is 28.8 Å². The minimum absolute atomic E-state index is 0.0801. The first-order valence-corrected chi connectivity index (χ1v) is 7.34. The minimum atomic E-state index is -3.96. The van der Waals surface area contributed by atoms with Crippen LogP contribution in [-0.4, -0.2) is 37.2 Å². The van der Waals surface area contributed by atoms with Crippen molar-refractivity contribution in [1.29, 1.82) is 0 Å². The van der Waals surface area contributed by atoms with Gasteiger partial charge in [-0.1, -0.05) is 18.5 Å². The van der Waals surface area contributed by atoms with E-state index in [1.165, 1.54) is 12.1 Å². The van der Waals surface area contributed by atoms with Crippen LogP contribution in [-0.2, 0) is 10.0 Å². The Hall–Kier alpha value is -1.15. The number of aromatic carboxylic acids is 1. The van der Waals surface area contributed by atoms with E-state index in [-0.39, 0.29) is 22.0 Å². The molecule has 0 radical (unpaired) electrons. The second-order valence-electron chi connectivity index (χ2n) is 3.86. The van der Waals surface area contributed by atoms with Gasteiger partial charge in [0.05, 0.1) is 16.7 Å². The first kappa shape index (κ1) is 15.9. The number of benzene rings is 1. The molecule has 0 aromatic heterocycles. The molecule has 0 saturated carbocycles. The van der Waals surface area contributed by atoms with Crippen molar-refractivity contribution in [3.63, 3.8) is 0 Å². The Morgan fingerprint density at radius 2 is 2.11 bits per heavy atom. The molecule has 0 heterocycles. The molecule has 0 aliphatic carbocycles. The first-order valence-electron chi connectivity index (χ1n) is 5.48. The van der Waals surface area contributed by atoms with Gasteiger partial charge in [0.25, 0.3) is 0 Å². The minimum Gasteiger partial charge on any atom is -0.478 e. The van der Waals surface area contributed by atoms with Gasteiger partial charge in [-0.3, -0.25) is 0 Å². The zero-order chi connectivity index (χ0) is 14.6. The number of carbonyl (C=O) groups is 1. The summed E-state index contributed by atoms with van der Waals surface area (Å²) in [7, 11) is -3.96. The Bertz CT molecular complexity index is 572. The third kappa shape index (κ3) is 4.17. The van der Waals surface area contributed by atoms with Gasteiger partial charge in [-0.25, -0.2) is 17.9 Å². The molecule has 1 aromatic rings. The topological polar surface area (TPSA) is 104 Å². The number of hydrogen-bond donors (Lipinski definition) is 3. The van der Waals surface area contributed by atoms with Crippen molar-refractivity contribution in [1.82, 2.24) is 4.72 Å². The van der Waals surface area contributed by atoms with Gasteiger partial charge in [-0.05, 0) is 24.6 Å². The summed E-state index contributed by atoms with van der Waals surface area (Å²) in [5.41, 5.74) is -0.180. The fraction of sp³-hybridized carbons (Fsp3) is 0.364. The van der Waals surface area contributed by atoms with Crippen molar-refractivity contribution < 1.29 is 23.4 Å². The van der Waals surface area contributed by atoms with Crippen molar-refractivity contribution in [2.45, 2.75) is 24.3 Å². The van der Waals surface area contributed by atoms with E-state index in [1.807, 2.05) is 0 Å². The smallest absolute Gasteiger partial charge is 0.335 e. The van der Waals surface area contributed by atoms with Gasteiger partial charge in [-0.15, -0.1) is 0 Å². The Labute approximate surface area is 116 Å². The molecule has 19 heavy (non-hydrogen) atoms. The highest BCUT2D eigenvalue weighted by molar-refractivity contribution is 7.89. The lowest BCUT2D eigenvalue weighted by Crippen LogP contribution is -2.32. The predicted octanol–water partition coefficient (Wildman–Crippen LogP) is 1.09. The van der Waals surface area contributed by atoms with Crippen molar-refractivity contribution in [2.75, 3.05) is 6.54 Å². The first-order chi connectivity index (χ1) is 8.77. The number of rotatable bonds is 6. The van der Waals surface area contributed by atoms with E-state index in [0.717, 1.165) is 6.07 Å². The van der Waals surface area contributed by atoms with Crippen LogP contribution in [0.15, 0.2) is 23.1 Å². The van der Waals surface area contributed by atoms with Crippen LogP contribution >= 0.6 is 11.6 Å². The van der Waals surface area contributed by atoms with Gasteiger partial charge in [0, 0.05) is 6.54 Å². The van der Waals surface area contributed by atoms with Crippen LogP contribution in [0.3, 0.4) is 0 Å². The van der Waals surface area contributed by atoms with Crippen LogP contribution in [0.4, 0.5) is 0 Å². The molecule has 0 amide bonds. The normalized spacial score (nSPS) is 13.2. The molecule has 0 aliphatic rings. The molecule has 1 atom stereocenters. The lowest BCUT2D eigenvalue weighted by molar-refractivity contribution is 0.0696. The molecule has 0 saturated heterocycles. The Morgan fingerprint density at radius 3 is 2.63 bits per heavy atom. The van der Waals surface area contributed by atoms with Crippen LogP contribution in [0.1, 0.15) is 23.7 Å². The third-order valence-electron chi connectivity index (χ3n) is 2.45. The van der Waals surface area contributed by atoms with Gasteiger partial charge in [0.2, 0.25) is 10.0 Å². The molecule has 106 valence electrons. The van der Waals surface area contributed by atoms with E-state index >= 15 is 0 Å². The van der Waals surface area contributed by atoms with E-state index in [2.05, 4.69) is 4.72 Å². The molecule has 3 N–H and O–H groups in total. The molecule has 6 nitrogen and oxygen atoms in total. The average Bonchev–Trinajstić information content (AvgIpc) is 2.36. The van der Waals surface area contributed by atoms with Gasteiger partial charge in [-0.2, -0.15) is 0 Å². The number of nitrogens with one attached hydrogen (secondary N) is 1.